The van der Waals surface area contributed by atoms with Crippen LogP contribution in [-0.2, 0) is 7.05 Å². The van der Waals surface area contributed by atoms with E-state index in [1.54, 1.807) is 48.1 Å². The fourth-order valence-electron chi connectivity index (χ4n) is 2.54. The number of benzene rings is 1. The monoisotopic (exact) mass is 364 g/mol. The molecule has 1 atom stereocenters. The third kappa shape index (κ3) is 3.34. The molecular weight excluding hydrogens is 348 g/mol. The average Bonchev–Trinajstić information content (AvgIpc) is 3.31. The Morgan fingerprint density at radius 1 is 1.11 bits per heavy atom. The van der Waals surface area contributed by atoms with Gasteiger partial charge in [0, 0.05) is 30.6 Å². The molecular formula is C18H16N6O3. The van der Waals surface area contributed by atoms with Crippen LogP contribution in [0, 0.1) is 0 Å². The summed E-state index contributed by atoms with van der Waals surface area (Å²) in [6.45, 7) is 1.79. The minimum atomic E-state index is -0.506. The molecule has 3 heterocycles. The molecule has 9 nitrogen and oxygen atoms in total. The van der Waals surface area contributed by atoms with E-state index in [0.29, 0.717) is 29.1 Å². The van der Waals surface area contributed by atoms with Crippen LogP contribution in [0.4, 0.5) is 0 Å². The Labute approximate surface area is 154 Å². The topological polar surface area (TPSA) is 112 Å². The summed E-state index contributed by atoms with van der Waals surface area (Å²) < 4.78 is 12.9. The number of phenols is 1. The van der Waals surface area contributed by atoms with Gasteiger partial charge >= 0.3 is 6.01 Å². The first-order chi connectivity index (χ1) is 13.1. The minimum absolute atomic E-state index is 0.124. The zero-order chi connectivity index (χ0) is 18.8. The van der Waals surface area contributed by atoms with Crippen molar-refractivity contribution < 1.29 is 14.4 Å². The summed E-state index contributed by atoms with van der Waals surface area (Å²) in [7, 11) is 1.81. The van der Waals surface area contributed by atoms with E-state index >= 15 is 0 Å². The third-order valence-electron chi connectivity index (χ3n) is 3.95. The van der Waals surface area contributed by atoms with Crippen molar-refractivity contribution in [3.63, 3.8) is 0 Å². The molecule has 0 fully saturated rings. The van der Waals surface area contributed by atoms with Gasteiger partial charge in [-0.05, 0) is 37.3 Å². The van der Waals surface area contributed by atoms with Gasteiger partial charge in [-0.1, -0.05) is 16.3 Å². The highest BCUT2D eigenvalue weighted by Crippen LogP contribution is 2.26. The van der Waals surface area contributed by atoms with Crippen molar-refractivity contribution in [2.75, 3.05) is 0 Å². The number of nitrogens with zero attached hydrogens (tertiary/aromatic N) is 6. The summed E-state index contributed by atoms with van der Waals surface area (Å²) in [6, 6.07) is 10.6. The zero-order valence-electron chi connectivity index (χ0n) is 14.6. The van der Waals surface area contributed by atoms with Gasteiger partial charge < -0.3 is 14.4 Å². The second-order valence-electron chi connectivity index (χ2n) is 5.87. The Morgan fingerprint density at radius 2 is 1.93 bits per heavy atom. The van der Waals surface area contributed by atoms with E-state index in [1.165, 1.54) is 0 Å². The number of phenolic OH excluding ortho intramolecular Hbond substituents is 1. The zero-order valence-corrected chi connectivity index (χ0v) is 14.6. The Bertz CT molecular complexity index is 1060. The lowest BCUT2D eigenvalue weighted by Crippen LogP contribution is -2.08. The number of hydrogen-bond donors (Lipinski definition) is 1. The number of ether oxygens (including phenoxy) is 1. The molecule has 0 aliphatic rings. The number of aromatic nitrogens is 6. The number of pyridine rings is 1. The van der Waals surface area contributed by atoms with Crippen molar-refractivity contribution in [2.24, 2.45) is 7.05 Å². The highest BCUT2D eigenvalue weighted by Gasteiger charge is 2.20. The maximum absolute atomic E-state index is 9.58. The molecule has 0 amide bonds. The average molecular weight is 364 g/mol. The SMILES string of the molecule is CC(Oc1nnc(-c2ccncc2)n1C)c1noc(-c2cccc(O)c2)n1. The molecule has 0 saturated heterocycles. The maximum Gasteiger partial charge on any atom is 0.317 e. The van der Waals surface area contributed by atoms with Gasteiger partial charge in [0.2, 0.25) is 5.82 Å². The van der Waals surface area contributed by atoms with Crippen LogP contribution in [-0.4, -0.2) is 35.0 Å². The molecule has 4 aromatic rings. The lowest BCUT2D eigenvalue weighted by molar-refractivity contribution is 0.186. The Hall–Kier alpha value is -3.75. The summed E-state index contributed by atoms with van der Waals surface area (Å²) in [5.74, 6) is 1.45. The molecule has 0 aliphatic carbocycles. The standard InChI is InChI=1S/C18H16N6O3/c1-11(15-20-17(27-23-15)13-4-3-5-14(25)10-13)26-18-22-21-16(24(18)2)12-6-8-19-9-7-12/h3-11,25H,1-2H3. The third-order valence-corrected chi connectivity index (χ3v) is 3.95. The van der Waals surface area contributed by atoms with Gasteiger partial charge in [0.1, 0.15) is 5.75 Å². The Balaban J connectivity index is 1.53. The first kappa shape index (κ1) is 16.7. The molecule has 27 heavy (non-hydrogen) atoms. The van der Waals surface area contributed by atoms with Crippen LogP contribution in [0.5, 0.6) is 11.8 Å². The molecule has 136 valence electrons. The van der Waals surface area contributed by atoms with Gasteiger partial charge in [0.15, 0.2) is 11.9 Å². The van der Waals surface area contributed by atoms with Crippen LogP contribution in [0.25, 0.3) is 22.8 Å². The van der Waals surface area contributed by atoms with Crippen LogP contribution in [0.3, 0.4) is 0 Å². The lowest BCUT2D eigenvalue weighted by Gasteiger charge is -2.10. The lowest BCUT2D eigenvalue weighted by atomic mass is 10.2. The Kier molecular flexibility index (Phi) is 4.25. The molecule has 1 N–H and O–H groups in total. The van der Waals surface area contributed by atoms with E-state index in [9.17, 15) is 5.11 Å². The molecule has 0 radical (unpaired) electrons. The van der Waals surface area contributed by atoms with Gasteiger partial charge in [-0.3, -0.25) is 9.55 Å². The van der Waals surface area contributed by atoms with Crippen molar-refractivity contribution in [2.45, 2.75) is 13.0 Å². The van der Waals surface area contributed by atoms with Crippen LogP contribution < -0.4 is 4.74 Å². The number of rotatable bonds is 5. The van der Waals surface area contributed by atoms with Crippen molar-refractivity contribution in [1.29, 1.82) is 0 Å². The first-order valence-electron chi connectivity index (χ1n) is 8.21. The van der Waals surface area contributed by atoms with Crippen molar-refractivity contribution >= 4 is 0 Å². The fourth-order valence-corrected chi connectivity index (χ4v) is 2.54. The number of hydrogen-bond acceptors (Lipinski definition) is 8. The molecule has 1 aromatic carbocycles. The predicted octanol–water partition coefficient (Wildman–Crippen LogP) is 2.77. The van der Waals surface area contributed by atoms with Gasteiger partial charge in [-0.2, -0.15) is 4.98 Å². The second kappa shape index (κ2) is 6.87. The fraction of sp³-hybridized carbons (Fsp3) is 0.167. The number of aromatic hydroxyl groups is 1. The quantitative estimate of drug-likeness (QED) is 0.575. The van der Waals surface area contributed by atoms with Crippen LogP contribution in [0.2, 0.25) is 0 Å². The summed E-state index contributed by atoms with van der Waals surface area (Å²) in [5.41, 5.74) is 1.51. The molecule has 0 bridgehead atoms. The first-order valence-corrected chi connectivity index (χ1v) is 8.21. The van der Waals surface area contributed by atoms with Crippen molar-refractivity contribution in [3.8, 4) is 34.6 Å². The molecule has 0 spiro atoms. The van der Waals surface area contributed by atoms with Crippen LogP contribution >= 0.6 is 0 Å². The highest BCUT2D eigenvalue weighted by molar-refractivity contribution is 5.55. The smallest absolute Gasteiger partial charge is 0.317 e. The molecule has 1 unspecified atom stereocenters. The van der Waals surface area contributed by atoms with Gasteiger partial charge in [0.25, 0.3) is 5.89 Å². The van der Waals surface area contributed by atoms with Crippen LogP contribution in [0.15, 0.2) is 53.3 Å². The van der Waals surface area contributed by atoms with Crippen molar-refractivity contribution in [3.05, 3.63) is 54.6 Å². The molecule has 4 rings (SSSR count). The Morgan fingerprint density at radius 3 is 2.70 bits per heavy atom. The molecule has 9 heteroatoms. The van der Waals surface area contributed by atoms with E-state index in [0.717, 1.165) is 5.56 Å². The summed E-state index contributed by atoms with van der Waals surface area (Å²) in [4.78, 5) is 8.33. The van der Waals surface area contributed by atoms with E-state index < -0.39 is 6.10 Å². The highest BCUT2D eigenvalue weighted by atomic mass is 16.5. The van der Waals surface area contributed by atoms with Gasteiger partial charge in [-0.15, -0.1) is 5.10 Å². The van der Waals surface area contributed by atoms with E-state index in [4.69, 9.17) is 9.26 Å². The minimum Gasteiger partial charge on any atom is -0.508 e. The van der Waals surface area contributed by atoms with E-state index in [1.807, 2.05) is 19.2 Å². The summed E-state index contributed by atoms with van der Waals surface area (Å²) >= 11 is 0. The normalized spacial score (nSPS) is 12.1. The van der Waals surface area contributed by atoms with E-state index in [2.05, 4.69) is 25.3 Å². The van der Waals surface area contributed by atoms with Crippen LogP contribution in [0.1, 0.15) is 18.9 Å². The van der Waals surface area contributed by atoms with Gasteiger partial charge in [-0.25, -0.2) is 0 Å². The molecule has 0 aliphatic heterocycles. The van der Waals surface area contributed by atoms with Gasteiger partial charge in [0.05, 0.1) is 0 Å². The summed E-state index contributed by atoms with van der Waals surface area (Å²) in [6.07, 6.45) is 2.87. The summed E-state index contributed by atoms with van der Waals surface area (Å²) in [5, 5.41) is 21.8. The predicted molar refractivity (Wildman–Crippen MR) is 94.7 cm³/mol. The molecule has 3 aromatic heterocycles. The maximum atomic E-state index is 9.58. The van der Waals surface area contributed by atoms with Crippen molar-refractivity contribution in [1.82, 2.24) is 29.9 Å². The second-order valence-corrected chi connectivity index (χ2v) is 5.87. The molecule has 0 saturated carbocycles. The largest absolute Gasteiger partial charge is 0.508 e. The van der Waals surface area contributed by atoms with E-state index in [-0.39, 0.29) is 5.75 Å².